The molecule has 0 aliphatic rings. The lowest BCUT2D eigenvalue weighted by atomic mass is 10.2. The molecule has 3 aromatic rings. The van der Waals surface area contributed by atoms with E-state index in [2.05, 4.69) is 4.98 Å². The van der Waals surface area contributed by atoms with E-state index < -0.39 is 0 Å². The molecular formula is C16H13NO2S. The molecule has 1 N–H and O–H groups in total. The van der Waals surface area contributed by atoms with Crippen molar-refractivity contribution < 1.29 is 9.84 Å². The first-order valence-corrected chi connectivity index (χ1v) is 6.98. The van der Waals surface area contributed by atoms with Gasteiger partial charge in [0.05, 0.1) is 17.3 Å². The first-order valence-electron chi connectivity index (χ1n) is 6.16. The summed E-state index contributed by atoms with van der Waals surface area (Å²) < 4.78 is 6.30. The minimum atomic E-state index is 0.265. The Kier molecular flexibility index (Phi) is 3.39. The summed E-state index contributed by atoms with van der Waals surface area (Å²) in [5.74, 6) is 1.10. The highest BCUT2D eigenvalue weighted by molar-refractivity contribution is 7.19. The number of benzene rings is 2. The van der Waals surface area contributed by atoms with Crippen molar-refractivity contribution in [1.82, 2.24) is 4.98 Å². The molecule has 0 spiro atoms. The zero-order valence-corrected chi connectivity index (χ0v) is 11.7. The largest absolute Gasteiger partial charge is 0.508 e. The summed E-state index contributed by atoms with van der Waals surface area (Å²) in [7, 11) is 1.66. The van der Waals surface area contributed by atoms with Gasteiger partial charge in [0.15, 0.2) is 0 Å². The maximum absolute atomic E-state index is 9.42. The smallest absolute Gasteiger partial charge is 0.120 e. The van der Waals surface area contributed by atoms with E-state index in [0.717, 1.165) is 26.5 Å². The van der Waals surface area contributed by atoms with Crippen LogP contribution in [-0.2, 0) is 0 Å². The molecular weight excluding hydrogens is 270 g/mol. The molecule has 0 fully saturated rings. The molecule has 0 saturated heterocycles. The SMILES string of the molecule is COc1ccc2nc(C=Cc3cccc(O)c3)sc2c1. The summed E-state index contributed by atoms with van der Waals surface area (Å²) in [4.78, 5) is 4.54. The fourth-order valence-corrected chi connectivity index (χ4v) is 2.82. The van der Waals surface area contributed by atoms with E-state index in [4.69, 9.17) is 4.74 Å². The molecule has 3 rings (SSSR count). The van der Waals surface area contributed by atoms with Crippen LogP contribution < -0.4 is 4.74 Å². The average Bonchev–Trinajstić information content (AvgIpc) is 2.87. The molecule has 0 amide bonds. The minimum Gasteiger partial charge on any atom is -0.508 e. The van der Waals surface area contributed by atoms with Gasteiger partial charge in [-0.15, -0.1) is 11.3 Å². The monoisotopic (exact) mass is 283 g/mol. The van der Waals surface area contributed by atoms with E-state index in [1.807, 2.05) is 42.5 Å². The summed E-state index contributed by atoms with van der Waals surface area (Å²) in [6.07, 6.45) is 3.89. The molecule has 3 nitrogen and oxygen atoms in total. The lowest BCUT2D eigenvalue weighted by Gasteiger charge is -1.96. The van der Waals surface area contributed by atoms with E-state index in [9.17, 15) is 5.11 Å². The minimum absolute atomic E-state index is 0.265. The second kappa shape index (κ2) is 5.35. The topological polar surface area (TPSA) is 42.4 Å². The van der Waals surface area contributed by atoms with E-state index in [1.54, 1.807) is 30.6 Å². The van der Waals surface area contributed by atoms with Crippen LogP contribution in [0.15, 0.2) is 42.5 Å². The van der Waals surface area contributed by atoms with Crippen LogP contribution in [-0.4, -0.2) is 17.2 Å². The van der Waals surface area contributed by atoms with Gasteiger partial charge in [0.25, 0.3) is 0 Å². The third kappa shape index (κ3) is 2.65. The van der Waals surface area contributed by atoms with Crippen molar-refractivity contribution in [2.24, 2.45) is 0 Å². The Balaban J connectivity index is 1.91. The third-order valence-corrected chi connectivity index (χ3v) is 3.88. The number of fused-ring (bicyclic) bond motifs is 1. The van der Waals surface area contributed by atoms with Crippen LogP contribution >= 0.6 is 11.3 Å². The summed E-state index contributed by atoms with van der Waals surface area (Å²) >= 11 is 1.61. The normalized spacial score (nSPS) is 11.2. The maximum atomic E-state index is 9.42. The Labute approximate surface area is 120 Å². The number of aromatic nitrogens is 1. The number of thiazole rings is 1. The highest BCUT2D eigenvalue weighted by Gasteiger charge is 2.02. The van der Waals surface area contributed by atoms with Gasteiger partial charge in [0.1, 0.15) is 16.5 Å². The van der Waals surface area contributed by atoms with Crippen molar-refractivity contribution in [3.63, 3.8) is 0 Å². The summed E-state index contributed by atoms with van der Waals surface area (Å²) in [5.41, 5.74) is 1.91. The molecule has 1 heterocycles. The number of nitrogens with zero attached hydrogens (tertiary/aromatic N) is 1. The van der Waals surface area contributed by atoms with Gasteiger partial charge >= 0.3 is 0 Å². The fraction of sp³-hybridized carbons (Fsp3) is 0.0625. The Morgan fingerprint density at radius 3 is 2.85 bits per heavy atom. The van der Waals surface area contributed by atoms with E-state index in [-0.39, 0.29) is 5.75 Å². The van der Waals surface area contributed by atoms with E-state index in [1.165, 1.54) is 0 Å². The Hall–Kier alpha value is -2.33. The summed E-state index contributed by atoms with van der Waals surface area (Å²) in [6.45, 7) is 0. The molecule has 0 aliphatic heterocycles. The van der Waals surface area contributed by atoms with Gasteiger partial charge in [0.2, 0.25) is 0 Å². The fourth-order valence-electron chi connectivity index (χ4n) is 1.92. The number of methoxy groups -OCH3 is 1. The van der Waals surface area contributed by atoms with Gasteiger partial charge in [-0.2, -0.15) is 0 Å². The van der Waals surface area contributed by atoms with Crippen molar-refractivity contribution in [2.45, 2.75) is 0 Å². The van der Waals surface area contributed by atoms with Crippen LogP contribution in [0, 0.1) is 0 Å². The zero-order chi connectivity index (χ0) is 13.9. The van der Waals surface area contributed by atoms with E-state index in [0.29, 0.717) is 0 Å². The number of ether oxygens (including phenoxy) is 1. The number of aromatic hydroxyl groups is 1. The van der Waals surface area contributed by atoms with Crippen LogP contribution in [0.4, 0.5) is 0 Å². The molecule has 100 valence electrons. The Morgan fingerprint density at radius 1 is 1.15 bits per heavy atom. The molecule has 20 heavy (non-hydrogen) atoms. The van der Waals surface area contributed by atoms with Gasteiger partial charge < -0.3 is 9.84 Å². The van der Waals surface area contributed by atoms with Crippen LogP contribution in [0.3, 0.4) is 0 Å². The highest BCUT2D eigenvalue weighted by atomic mass is 32.1. The predicted octanol–water partition coefficient (Wildman–Crippen LogP) is 4.18. The number of hydrogen-bond acceptors (Lipinski definition) is 4. The predicted molar refractivity (Wildman–Crippen MR) is 83.2 cm³/mol. The van der Waals surface area contributed by atoms with Gasteiger partial charge in [-0.05, 0) is 42.0 Å². The standard InChI is InChI=1S/C16H13NO2S/c1-19-13-6-7-14-15(10-13)20-16(17-14)8-5-11-3-2-4-12(18)9-11/h2-10,18H,1H3. The second-order valence-electron chi connectivity index (χ2n) is 4.31. The van der Waals surface area contributed by atoms with Crippen molar-refractivity contribution in [3.05, 3.63) is 53.0 Å². The quantitative estimate of drug-likeness (QED) is 0.784. The molecule has 0 aliphatic carbocycles. The summed E-state index contributed by atoms with van der Waals surface area (Å²) in [6, 6.07) is 13.0. The van der Waals surface area contributed by atoms with Crippen LogP contribution in [0.25, 0.3) is 22.4 Å². The number of hydrogen-bond donors (Lipinski definition) is 1. The lowest BCUT2D eigenvalue weighted by molar-refractivity contribution is 0.415. The Morgan fingerprint density at radius 2 is 2.05 bits per heavy atom. The van der Waals surface area contributed by atoms with Gasteiger partial charge in [0, 0.05) is 0 Å². The van der Waals surface area contributed by atoms with Crippen molar-refractivity contribution >= 4 is 33.7 Å². The van der Waals surface area contributed by atoms with Crippen molar-refractivity contribution in [1.29, 1.82) is 0 Å². The summed E-state index contributed by atoms with van der Waals surface area (Å²) in [5, 5.41) is 10.3. The molecule has 4 heteroatoms. The molecule has 0 atom stereocenters. The van der Waals surface area contributed by atoms with Crippen LogP contribution in [0.1, 0.15) is 10.6 Å². The van der Waals surface area contributed by atoms with Crippen molar-refractivity contribution in [2.75, 3.05) is 7.11 Å². The number of phenolic OH excluding ortho intramolecular Hbond substituents is 1. The van der Waals surface area contributed by atoms with E-state index >= 15 is 0 Å². The zero-order valence-electron chi connectivity index (χ0n) is 10.9. The maximum Gasteiger partial charge on any atom is 0.120 e. The molecule has 0 bridgehead atoms. The van der Waals surface area contributed by atoms with Gasteiger partial charge in [-0.3, -0.25) is 0 Å². The Bertz CT molecular complexity index is 777. The second-order valence-corrected chi connectivity index (χ2v) is 5.38. The molecule has 0 saturated carbocycles. The molecule has 2 aromatic carbocycles. The van der Waals surface area contributed by atoms with Gasteiger partial charge in [-0.25, -0.2) is 4.98 Å². The molecule has 0 radical (unpaired) electrons. The average molecular weight is 283 g/mol. The molecule has 1 aromatic heterocycles. The van der Waals surface area contributed by atoms with Crippen molar-refractivity contribution in [3.8, 4) is 11.5 Å². The molecule has 0 unspecified atom stereocenters. The third-order valence-electron chi connectivity index (χ3n) is 2.90. The first-order chi connectivity index (χ1) is 9.74. The van der Waals surface area contributed by atoms with Crippen LogP contribution in [0.2, 0.25) is 0 Å². The highest BCUT2D eigenvalue weighted by Crippen LogP contribution is 2.27. The number of rotatable bonds is 3. The first kappa shape index (κ1) is 12.7. The van der Waals surface area contributed by atoms with Crippen LogP contribution in [0.5, 0.6) is 11.5 Å². The van der Waals surface area contributed by atoms with Gasteiger partial charge in [-0.1, -0.05) is 18.2 Å². The number of phenols is 1. The lowest BCUT2D eigenvalue weighted by Crippen LogP contribution is -1.80.